The summed E-state index contributed by atoms with van der Waals surface area (Å²) in [5, 5.41) is 30.8. The fourth-order valence-electron chi connectivity index (χ4n) is 6.25. The summed E-state index contributed by atoms with van der Waals surface area (Å²) in [6, 6.07) is 0. The standard InChI is InChI=1S/C44H76O12S/c1-3-5-7-9-11-13-15-17-18-19-20-21-23-25-27-29-31-33-40(46)55-37(35-54-44-43(49)42(48)41(47)38(56-44)36-57(50,51)52)34-53-39(45)32-30-28-26-24-22-16-14-12-10-8-6-4-2/h7,9,13,15,18-19,21,23,37-38,41-44,47-49H,3-6,8,10-12,14,16-17,20,22,24-36H2,1-2H3,(H,50,51,52)/b9-7+,15-13+,19-18+,23-21+/t37-,38-,41-,42?,43?,44+/m1/s1. The van der Waals surface area contributed by atoms with E-state index in [1.807, 2.05) is 0 Å². The Hall–Kier alpha value is -2.39. The first-order valence-electron chi connectivity index (χ1n) is 21.7. The molecule has 57 heavy (non-hydrogen) atoms. The Morgan fingerprint density at radius 2 is 1.09 bits per heavy atom. The number of allylic oxidation sites excluding steroid dienone is 8. The van der Waals surface area contributed by atoms with Gasteiger partial charge in [-0.15, -0.1) is 0 Å². The number of ether oxygens (including phenoxy) is 4. The number of hydrogen-bond donors (Lipinski definition) is 4. The van der Waals surface area contributed by atoms with E-state index >= 15 is 0 Å². The van der Waals surface area contributed by atoms with Crippen molar-refractivity contribution in [3.05, 3.63) is 48.6 Å². The van der Waals surface area contributed by atoms with Gasteiger partial charge in [-0.3, -0.25) is 14.1 Å². The Morgan fingerprint density at radius 3 is 1.63 bits per heavy atom. The van der Waals surface area contributed by atoms with Gasteiger partial charge in [-0.2, -0.15) is 8.42 Å². The maximum atomic E-state index is 12.8. The number of unbranched alkanes of at least 4 members (excludes halogenated alkanes) is 15. The zero-order valence-electron chi connectivity index (χ0n) is 34.9. The van der Waals surface area contributed by atoms with E-state index in [0.29, 0.717) is 12.8 Å². The molecule has 13 heteroatoms. The van der Waals surface area contributed by atoms with Gasteiger partial charge in [0.05, 0.1) is 6.61 Å². The van der Waals surface area contributed by atoms with Gasteiger partial charge in [0.25, 0.3) is 10.1 Å². The molecule has 2 unspecified atom stereocenters. The van der Waals surface area contributed by atoms with E-state index in [9.17, 15) is 37.9 Å². The highest BCUT2D eigenvalue weighted by molar-refractivity contribution is 7.85. The van der Waals surface area contributed by atoms with Crippen molar-refractivity contribution in [2.24, 2.45) is 0 Å². The van der Waals surface area contributed by atoms with Gasteiger partial charge in [0.1, 0.15) is 36.8 Å². The first-order chi connectivity index (χ1) is 27.5. The highest BCUT2D eigenvalue weighted by Crippen LogP contribution is 2.24. The predicted octanol–water partition coefficient (Wildman–Crippen LogP) is 8.39. The molecule has 0 aromatic rings. The largest absolute Gasteiger partial charge is 0.462 e. The maximum Gasteiger partial charge on any atom is 0.306 e. The summed E-state index contributed by atoms with van der Waals surface area (Å²) in [6.07, 6.45) is 30.1. The molecule has 0 amide bonds. The molecule has 1 aliphatic rings. The quantitative estimate of drug-likeness (QED) is 0.0207. The van der Waals surface area contributed by atoms with Crippen LogP contribution in [0.15, 0.2) is 48.6 Å². The Balaban J connectivity index is 2.50. The van der Waals surface area contributed by atoms with E-state index in [-0.39, 0.29) is 19.4 Å². The Kier molecular flexibility index (Phi) is 31.8. The van der Waals surface area contributed by atoms with Crippen molar-refractivity contribution in [3.63, 3.8) is 0 Å². The summed E-state index contributed by atoms with van der Waals surface area (Å²) in [5.74, 6) is -2.03. The molecule has 0 radical (unpaired) electrons. The van der Waals surface area contributed by atoms with Crippen molar-refractivity contribution in [3.8, 4) is 0 Å². The van der Waals surface area contributed by atoms with Crippen LogP contribution >= 0.6 is 0 Å². The number of carbonyl (C=O) groups excluding carboxylic acids is 2. The summed E-state index contributed by atoms with van der Waals surface area (Å²) in [4.78, 5) is 25.3. The molecule has 0 spiro atoms. The number of aliphatic hydroxyl groups is 3. The van der Waals surface area contributed by atoms with Crippen LogP contribution in [0.4, 0.5) is 0 Å². The van der Waals surface area contributed by atoms with E-state index in [1.165, 1.54) is 57.8 Å². The number of carbonyl (C=O) groups is 2. The molecule has 4 N–H and O–H groups in total. The zero-order chi connectivity index (χ0) is 42.0. The predicted molar refractivity (Wildman–Crippen MR) is 224 cm³/mol. The first kappa shape index (κ1) is 52.6. The smallest absolute Gasteiger partial charge is 0.306 e. The van der Waals surface area contributed by atoms with Crippen molar-refractivity contribution in [1.29, 1.82) is 0 Å². The van der Waals surface area contributed by atoms with E-state index in [4.69, 9.17) is 18.9 Å². The molecule has 1 aliphatic heterocycles. The van der Waals surface area contributed by atoms with Gasteiger partial charge in [0, 0.05) is 12.8 Å². The topological polar surface area (TPSA) is 186 Å². The second-order valence-corrected chi connectivity index (χ2v) is 16.5. The summed E-state index contributed by atoms with van der Waals surface area (Å²) in [5.41, 5.74) is 0. The van der Waals surface area contributed by atoms with Gasteiger partial charge in [-0.05, 0) is 51.4 Å². The SMILES string of the molecule is CCC/C=C/C/C=C/C/C=C/C/C=C/CCCCCC(=O)O[C@H](COC(=O)CCCCCCCCCCCCCC)CO[C@H]1O[C@H](CS(=O)(=O)O)[C@@H](O)C(O)C1O. The van der Waals surface area contributed by atoms with Crippen LogP contribution in [0.5, 0.6) is 0 Å². The highest BCUT2D eigenvalue weighted by Gasteiger charge is 2.46. The van der Waals surface area contributed by atoms with Gasteiger partial charge in [0.15, 0.2) is 12.4 Å². The lowest BCUT2D eigenvalue weighted by Gasteiger charge is -2.40. The van der Waals surface area contributed by atoms with Gasteiger partial charge in [-0.1, -0.05) is 146 Å². The second kappa shape index (κ2) is 34.5. The van der Waals surface area contributed by atoms with E-state index in [1.54, 1.807) is 0 Å². The summed E-state index contributed by atoms with van der Waals surface area (Å²) >= 11 is 0. The minimum atomic E-state index is -4.60. The third-order valence-corrected chi connectivity index (χ3v) is 10.4. The van der Waals surface area contributed by atoms with Crippen molar-refractivity contribution in [2.75, 3.05) is 19.0 Å². The zero-order valence-corrected chi connectivity index (χ0v) is 35.7. The molecule has 1 rings (SSSR count). The summed E-state index contributed by atoms with van der Waals surface area (Å²) < 4.78 is 53.9. The van der Waals surface area contributed by atoms with Crippen LogP contribution in [-0.2, 0) is 38.7 Å². The molecule has 1 fully saturated rings. The Morgan fingerprint density at radius 1 is 0.596 bits per heavy atom. The second-order valence-electron chi connectivity index (χ2n) is 15.0. The number of rotatable bonds is 35. The molecule has 0 saturated carbocycles. The first-order valence-corrected chi connectivity index (χ1v) is 23.3. The van der Waals surface area contributed by atoms with Crippen molar-refractivity contribution >= 4 is 22.1 Å². The molecule has 330 valence electrons. The summed E-state index contributed by atoms with van der Waals surface area (Å²) in [6.45, 7) is 3.65. The highest BCUT2D eigenvalue weighted by atomic mass is 32.2. The van der Waals surface area contributed by atoms with Crippen LogP contribution in [-0.4, -0.2) is 96.0 Å². The van der Waals surface area contributed by atoms with Crippen LogP contribution in [0.25, 0.3) is 0 Å². The van der Waals surface area contributed by atoms with Crippen molar-refractivity contribution in [2.45, 2.75) is 198 Å². The molecule has 0 bridgehead atoms. The lowest BCUT2D eigenvalue weighted by Crippen LogP contribution is -2.60. The number of aliphatic hydroxyl groups excluding tert-OH is 3. The fourth-order valence-corrected chi connectivity index (χ4v) is 6.95. The lowest BCUT2D eigenvalue weighted by atomic mass is 10.00. The Labute approximate surface area is 343 Å². The molecular weight excluding hydrogens is 753 g/mol. The molecule has 0 aromatic carbocycles. The van der Waals surface area contributed by atoms with Crippen molar-refractivity contribution in [1.82, 2.24) is 0 Å². The lowest BCUT2D eigenvalue weighted by molar-refractivity contribution is -0.297. The van der Waals surface area contributed by atoms with Crippen LogP contribution in [0.3, 0.4) is 0 Å². The minimum Gasteiger partial charge on any atom is -0.462 e. The molecular formula is C44H76O12S. The number of esters is 2. The van der Waals surface area contributed by atoms with Crippen LogP contribution in [0.1, 0.15) is 162 Å². The van der Waals surface area contributed by atoms with Gasteiger partial charge < -0.3 is 34.3 Å². The van der Waals surface area contributed by atoms with Crippen LogP contribution < -0.4 is 0 Å². The molecule has 1 heterocycles. The molecule has 0 aromatic heterocycles. The van der Waals surface area contributed by atoms with Gasteiger partial charge in [-0.25, -0.2) is 0 Å². The normalized spacial score (nSPS) is 21.0. The van der Waals surface area contributed by atoms with E-state index in [0.717, 1.165) is 64.2 Å². The monoisotopic (exact) mass is 829 g/mol. The third kappa shape index (κ3) is 29.5. The molecule has 0 aliphatic carbocycles. The van der Waals surface area contributed by atoms with Crippen LogP contribution in [0.2, 0.25) is 0 Å². The van der Waals surface area contributed by atoms with Crippen LogP contribution in [0, 0.1) is 0 Å². The third-order valence-electron chi connectivity index (χ3n) is 9.64. The maximum absolute atomic E-state index is 12.8. The minimum absolute atomic E-state index is 0.127. The molecule has 6 atom stereocenters. The molecule has 12 nitrogen and oxygen atoms in total. The van der Waals surface area contributed by atoms with Crippen molar-refractivity contribution < 1.29 is 56.8 Å². The number of hydrogen-bond acceptors (Lipinski definition) is 11. The fraction of sp³-hybridized carbons (Fsp3) is 0.773. The molecule has 1 saturated heterocycles. The van der Waals surface area contributed by atoms with Gasteiger partial charge in [0.2, 0.25) is 0 Å². The van der Waals surface area contributed by atoms with Gasteiger partial charge >= 0.3 is 11.9 Å². The average Bonchev–Trinajstić information content (AvgIpc) is 3.17. The average molecular weight is 829 g/mol. The summed E-state index contributed by atoms with van der Waals surface area (Å²) in [7, 11) is -4.60. The van der Waals surface area contributed by atoms with E-state index < -0.39 is 71.2 Å². The Bertz CT molecular complexity index is 1250. The van der Waals surface area contributed by atoms with E-state index in [2.05, 4.69) is 62.5 Å².